The molecule has 0 bridgehead atoms. The molecule has 0 aromatic rings. The van der Waals surface area contributed by atoms with E-state index in [9.17, 15) is 0 Å². The zero-order valence-corrected chi connectivity index (χ0v) is 5.43. The molecule has 0 saturated carbocycles. The van der Waals surface area contributed by atoms with Crippen LogP contribution < -0.4 is 11.3 Å². The highest BCUT2D eigenvalue weighted by Gasteiger charge is 1.58. The maximum atomic E-state index is 8.81. The number of rotatable bonds is 1. The third-order valence-electron chi connectivity index (χ3n) is 0.0589. The van der Waals surface area contributed by atoms with Gasteiger partial charge in [-0.15, -0.1) is 0 Å². The van der Waals surface area contributed by atoms with Gasteiger partial charge in [0, 0.05) is 0 Å². The van der Waals surface area contributed by atoms with E-state index < -0.39 is 0 Å². The minimum atomic E-state index is 1.21. The van der Waals surface area contributed by atoms with Crippen molar-refractivity contribution in [2.75, 3.05) is 21.1 Å². The van der Waals surface area contributed by atoms with Gasteiger partial charge in [0.25, 0.3) is 0 Å². The van der Waals surface area contributed by atoms with E-state index in [1.54, 1.807) is 5.43 Å². The van der Waals surface area contributed by atoms with Crippen LogP contribution in [-0.2, 0) is 4.79 Å². The minimum Gasteiger partial charge on any atom is -0.312 e. The molecule has 3 N–H and O–H groups in total. The number of hydrogen-bond acceptors (Lipinski definition) is 3. The molecule has 4 nitrogen and oxygen atoms in total. The Morgan fingerprint density at radius 1 is 1.50 bits per heavy atom. The summed E-state index contributed by atoms with van der Waals surface area (Å²) in [5, 5.41) is 0. The predicted molar refractivity (Wildman–Crippen MR) is 32.6 cm³/mol. The molecule has 0 aliphatic carbocycles. The van der Waals surface area contributed by atoms with Crippen molar-refractivity contribution in [2.45, 2.75) is 0 Å². The van der Waals surface area contributed by atoms with Crippen molar-refractivity contribution in [2.24, 2.45) is 5.84 Å². The van der Waals surface area contributed by atoms with Crippen LogP contribution in [0.4, 0.5) is 0 Å². The Bertz CT molecular complexity index is 43.8. The fourth-order valence-electron chi connectivity index (χ4n) is 0. The van der Waals surface area contributed by atoms with Gasteiger partial charge in [-0.2, -0.15) is 0 Å². The van der Waals surface area contributed by atoms with Crippen LogP contribution >= 0.6 is 0 Å². The first-order valence-electron chi connectivity index (χ1n) is 2.08. The van der Waals surface area contributed by atoms with Crippen LogP contribution in [0.25, 0.3) is 0 Å². The lowest BCUT2D eigenvalue weighted by Gasteiger charge is -1.90. The number of carbonyl (C=O) groups excluding carboxylic acids is 1. The third-order valence-corrected chi connectivity index (χ3v) is 0.0589. The molecule has 4 heteroatoms. The molecule has 0 heterocycles. The van der Waals surface area contributed by atoms with Crippen LogP contribution in [-0.4, -0.2) is 32.5 Å². The quantitative estimate of drug-likeness (QED) is 0.195. The standard InChI is InChI=1S/C3H9N.CH3N2O/c1-4(2)3;2-3-1-4/h1-3H3;2H2,(H,3,4). The van der Waals surface area contributed by atoms with Crippen LogP contribution in [0, 0.1) is 0 Å². The summed E-state index contributed by atoms with van der Waals surface area (Å²) in [7, 11) is 6.00. The summed E-state index contributed by atoms with van der Waals surface area (Å²) in [6.07, 6.45) is 1.21. The molecular formula is C4H12N3O. The molecule has 1 amide bonds. The number of nitrogens with two attached hydrogens (primary N) is 1. The summed E-state index contributed by atoms with van der Waals surface area (Å²) in [6, 6.07) is 0. The summed E-state index contributed by atoms with van der Waals surface area (Å²) in [4.78, 5) is 10.8. The van der Waals surface area contributed by atoms with Crippen LogP contribution in [0.1, 0.15) is 0 Å². The number of amides is 1. The molecule has 0 atom stereocenters. The van der Waals surface area contributed by atoms with E-state index in [-0.39, 0.29) is 0 Å². The Kier molecular flexibility index (Phi) is 12.5. The maximum Gasteiger partial charge on any atom is 0.324 e. The lowest BCUT2D eigenvalue weighted by Crippen LogP contribution is -2.18. The van der Waals surface area contributed by atoms with Gasteiger partial charge in [0.1, 0.15) is 0 Å². The van der Waals surface area contributed by atoms with E-state index in [0.29, 0.717) is 0 Å². The molecule has 8 heavy (non-hydrogen) atoms. The van der Waals surface area contributed by atoms with Gasteiger partial charge in [-0.1, -0.05) is 0 Å². The van der Waals surface area contributed by atoms with Crippen molar-refractivity contribution in [1.82, 2.24) is 10.3 Å². The first kappa shape index (κ1) is 10.4. The van der Waals surface area contributed by atoms with E-state index in [2.05, 4.69) is 5.84 Å². The largest absolute Gasteiger partial charge is 0.324 e. The molecule has 0 rings (SSSR count). The first-order valence-corrected chi connectivity index (χ1v) is 2.08. The Morgan fingerprint density at radius 3 is 1.62 bits per heavy atom. The molecule has 0 saturated heterocycles. The Hall–Kier alpha value is -0.610. The number of nitrogens with one attached hydrogen (secondary N) is 1. The zero-order valence-electron chi connectivity index (χ0n) is 5.43. The fourth-order valence-corrected chi connectivity index (χ4v) is 0. The van der Waals surface area contributed by atoms with Crippen LogP contribution in [0.15, 0.2) is 0 Å². The van der Waals surface area contributed by atoms with Gasteiger partial charge in [-0.05, 0) is 21.1 Å². The van der Waals surface area contributed by atoms with Gasteiger partial charge in [-0.25, -0.2) is 5.84 Å². The summed E-state index contributed by atoms with van der Waals surface area (Å²) in [5.74, 6) is 4.35. The highest BCUT2D eigenvalue weighted by molar-refractivity contribution is 5.45. The SMILES string of the molecule is CN(C)C.NN[C]=O. The number of hydrazine groups is 1. The summed E-state index contributed by atoms with van der Waals surface area (Å²) in [6.45, 7) is 0. The molecule has 0 aromatic carbocycles. The van der Waals surface area contributed by atoms with Gasteiger partial charge >= 0.3 is 6.41 Å². The zero-order chi connectivity index (χ0) is 6.99. The van der Waals surface area contributed by atoms with Crippen LogP contribution in [0.5, 0.6) is 0 Å². The average Bonchev–Trinajstić information content (AvgIpc) is 1.65. The van der Waals surface area contributed by atoms with E-state index in [1.165, 1.54) is 6.41 Å². The highest BCUT2D eigenvalue weighted by atomic mass is 16.1. The summed E-state index contributed by atoms with van der Waals surface area (Å²) < 4.78 is 0. The number of nitrogens with zero attached hydrogens (tertiary/aromatic N) is 1. The molecular weight excluding hydrogens is 106 g/mol. The van der Waals surface area contributed by atoms with Crippen molar-refractivity contribution in [3.63, 3.8) is 0 Å². The second kappa shape index (κ2) is 9.63. The topological polar surface area (TPSA) is 58.4 Å². The Morgan fingerprint density at radius 2 is 1.62 bits per heavy atom. The predicted octanol–water partition coefficient (Wildman–Crippen LogP) is -1.31. The van der Waals surface area contributed by atoms with E-state index in [0.717, 1.165) is 0 Å². The van der Waals surface area contributed by atoms with Crippen LogP contribution in [0.2, 0.25) is 0 Å². The Labute approximate surface area is 49.6 Å². The van der Waals surface area contributed by atoms with Gasteiger partial charge in [0.2, 0.25) is 0 Å². The van der Waals surface area contributed by atoms with Gasteiger partial charge in [0.15, 0.2) is 0 Å². The van der Waals surface area contributed by atoms with E-state index in [4.69, 9.17) is 4.79 Å². The first-order chi connectivity index (χ1) is 3.65. The minimum absolute atomic E-state index is 1.21. The van der Waals surface area contributed by atoms with Gasteiger partial charge < -0.3 is 4.90 Å². The molecule has 0 spiro atoms. The molecule has 0 aliphatic heterocycles. The van der Waals surface area contributed by atoms with Gasteiger partial charge in [-0.3, -0.25) is 10.2 Å². The molecule has 49 valence electrons. The second-order valence-corrected chi connectivity index (χ2v) is 1.59. The molecule has 1 radical (unpaired) electrons. The maximum absolute atomic E-state index is 8.81. The van der Waals surface area contributed by atoms with E-state index in [1.807, 2.05) is 26.0 Å². The normalized spacial score (nSPS) is 7.12. The molecule has 0 unspecified atom stereocenters. The third kappa shape index (κ3) is 683. The average molecular weight is 118 g/mol. The monoisotopic (exact) mass is 118 g/mol. The van der Waals surface area contributed by atoms with Crippen molar-refractivity contribution in [3.05, 3.63) is 0 Å². The van der Waals surface area contributed by atoms with Crippen molar-refractivity contribution in [3.8, 4) is 0 Å². The number of hydrogen-bond donors (Lipinski definition) is 2. The van der Waals surface area contributed by atoms with Crippen LogP contribution in [0.3, 0.4) is 0 Å². The molecule has 0 aliphatic rings. The van der Waals surface area contributed by atoms with Crippen molar-refractivity contribution >= 4 is 6.41 Å². The lowest BCUT2D eigenvalue weighted by molar-refractivity contribution is 0.505. The summed E-state index contributed by atoms with van der Waals surface area (Å²) >= 11 is 0. The second-order valence-electron chi connectivity index (χ2n) is 1.59. The van der Waals surface area contributed by atoms with E-state index >= 15 is 0 Å². The highest BCUT2D eigenvalue weighted by Crippen LogP contribution is 1.47. The lowest BCUT2D eigenvalue weighted by atomic mass is 11.0. The molecule has 0 aromatic heterocycles. The van der Waals surface area contributed by atoms with Gasteiger partial charge in [0.05, 0.1) is 0 Å². The molecule has 0 fully saturated rings. The smallest absolute Gasteiger partial charge is 0.312 e. The summed E-state index contributed by atoms with van der Waals surface area (Å²) in [5.41, 5.74) is 1.62. The fraction of sp³-hybridized carbons (Fsp3) is 0.750. The Balaban J connectivity index is 0. The van der Waals surface area contributed by atoms with Crippen molar-refractivity contribution in [1.29, 1.82) is 0 Å². The van der Waals surface area contributed by atoms with Crippen molar-refractivity contribution < 1.29 is 4.79 Å².